The van der Waals surface area contributed by atoms with Gasteiger partial charge in [0, 0.05) is 19.5 Å². The molecule has 0 unspecified atom stereocenters. The Morgan fingerprint density at radius 1 is 1.06 bits per heavy atom. The van der Waals surface area contributed by atoms with E-state index in [4.69, 9.17) is 9.72 Å². The van der Waals surface area contributed by atoms with Crippen molar-refractivity contribution in [3.05, 3.63) is 59.4 Å². The summed E-state index contributed by atoms with van der Waals surface area (Å²) in [5.41, 5.74) is 4.36. The highest BCUT2D eigenvalue weighted by atomic mass is 16.5. The van der Waals surface area contributed by atoms with Gasteiger partial charge in [-0.3, -0.25) is 4.79 Å². The van der Waals surface area contributed by atoms with Gasteiger partial charge in [0.1, 0.15) is 11.6 Å². The summed E-state index contributed by atoms with van der Waals surface area (Å²) in [6.07, 6.45) is 6.95. The van der Waals surface area contributed by atoms with Gasteiger partial charge in [0.25, 0.3) is 5.91 Å². The highest BCUT2D eigenvalue weighted by Gasteiger charge is 2.11. The molecule has 0 aliphatic rings. The van der Waals surface area contributed by atoms with Crippen molar-refractivity contribution in [2.75, 3.05) is 13.2 Å². The number of para-hydroxylation sites is 2. The zero-order valence-corrected chi connectivity index (χ0v) is 19.1. The van der Waals surface area contributed by atoms with Crippen molar-refractivity contribution in [3.8, 4) is 5.75 Å². The van der Waals surface area contributed by atoms with E-state index in [0.717, 1.165) is 41.2 Å². The molecule has 3 rings (SSSR count). The van der Waals surface area contributed by atoms with Gasteiger partial charge in [-0.15, -0.1) is 0 Å². The first-order chi connectivity index (χ1) is 15.1. The zero-order valence-electron chi connectivity index (χ0n) is 19.1. The number of hydrogen-bond donors (Lipinski definition) is 1. The number of fused-ring (bicyclic) bond motifs is 1. The second-order valence-corrected chi connectivity index (χ2v) is 8.24. The fourth-order valence-corrected chi connectivity index (χ4v) is 3.81. The second kappa shape index (κ2) is 11.5. The molecule has 2 aromatic carbocycles. The van der Waals surface area contributed by atoms with Gasteiger partial charge in [0.15, 0.2) is 6.61 Å². The van der Waals surface area contributed by atoms with Crippen LogP contribution in [0.5, 0.6) is 5.75 Å². The molecule has 0 aliphatic heterocycles. The van der Waals surface area contributed by atoms with Crippen LogP contribution in [0.25, 0.3) is 11.0 Å². The quantitative estimate of drug-likeness (QED) is 0.401. The summed E-state index contributed by atoms with van der Waals surface area (Å²) in [4.78, 5) is 17.1. The van der Waals surface area contributed by atoms with Gasteiger partial charge in [-0.1, -0.05) is 56.9 Å². The van der Waals surface area contributed by atoms with E-state index in [2.05, 4.69) is 35.0 Å². The van der Waals surface area contributed by atoms with Crippen LogP contribution in [0.2, 0.25) is 0 Å². The summed E-state index contributed by atoms with van der Waals surface area (Å²) in [6, 6.07) is 14.3. The molecule has 0 saturated carbocycles. The van der Waals surface area contributed by atoms with E-state index in [1.54, 1.807) is 0 Å². The summed E-state index contributed by atoms with van der Waals surface area (Å²) in [5.74, 6) is 1.69. The minimum atomic E-state index is -0.108. The number of carbonyl (C=O) groups is 1. The lowest BCUT2D eigenvalue weighted by molar-refractivity contribution is -0.123. The van der Waals surface area contributed by atoms with Crippen LogP contribution in [0.3, 0.4) is 0 Å². The third-order valence-corrected chi connectivity index (χ3v) is 5.59. The number of aryl methyl sites for hydroxylation is 3. The van der Waals surface area contributed by atoms with Crippen LogP contribution < -0.4 is 10.1 Å². The van der Waals surface area contributed by atoms with E-state index >= 15 is 0 Å². The fraction of sp³-hybridized carbons (Fsp3) is 0.462. The lowest BCUT2D eigenvalue weighted by Crippen LogP contribution is -2.31. The predicted molar refractivity (Wildman–Crippen MR) is 127 cm³/mol. The average molecular weight is 422 g/mol. The molecular formula is C26H35N3O2. The number of nitrogens with zero attached hydrogens (tertiary/aromatic N) is 2. The van der Waals surface area contributed by atoms with Crippen molar-refractivity contribution in [2.24, 2.45) is 0 Å². The van der Waals surface area contributed by atoms with Gasteiger partial charge < -0.3 is 14.6 Å². The first-order valence-electron chi connectivity index (χ1n) is 11.5. The number of ether oxygens (including phenoxy) is 1. The minimum absolute atomic E-state index is 0.0259. The van der Waals surface area contributed by atoms with E-state index in [9.17, 15) is 4.79 Å². The third-order valence-electron chi connectivity index (χ3n) is 5.59. The highest BCUT2D eigenvalue weighted by Crippen LogP contribution is 2.19. The fourth-order valence-electron chi connectivity index (χ4n) is 3.81. The largest absolute Gasteiger partial charge is 0.483 e. The maximum absolute atomic E-state index is 12.3. The summed E-state index contributed by atoms with van der Waals surface area (Å²) in [5, 5.41) is 2.97. The molecule has 0 atom stereocenters. The van der Waals surface area contributed by atoms with E-state index in [1.807, 2.05) is 38.1 Å². The van der Waals surface area contributed by atoms with E-state index < -0.39 is 0 Å². The number of imidazole rings is 1. The lowest BCUT2D eigenvalue weighted by Gasteiger charge is -2.11. The maximum atomic E-state index is 12.3. The van der Waals surface area contributed by atoms with Crippen LogP contribution in [0.4, 0.5) is 0 Å². The molecule has 0 fully saturated rings. The Balaban J connectivity index is 1.53. The molecule has 0 aliphatic carbocycles. The maximum Gasteiger partial charge on any atom is 0.257 e. The van der Waals surface area contributed by atoms with Crippen molar-refractivity contribution in [1.82, 2.24) is 14.9 Å². The third kappa shape index (κ3) is 6.58. The molecule has 0 radical (unpaired) electrons. The number of unbranched alkanes of at least 4 members (excludes halogenated alkanes) is 4. The molecule has 5 heteroatoms. The summed E-state index contributed by atoms with van der Waals surface area (Å²) in [6.45, 7) is 7.79. The Bertz CT molecular complexity index is 993. The van der Waals surface area contributed by atoms with Crippen molar-refractivity contribution >= 4 is 16.9 Å². The molecule has 3 aromatic rings. The minimum Gasteiger partial charge on any atom is -0.483 e. The number of rotatable bonds is 12. The predicted octanol–water partition coefficient (Wildman–Crippen LogP) is 5.36. The molecule has 31 heavy (non-hydrogen) atoms. The summed E-state index contributed by atoms with van der Waals surface area (Å²) >= 11 is 0. The SMILES string of the molecule is CCCCCCCn1c(CCNC(=O)COc2cc(C)ccc2C)nc2ccccc21. The van der Waals surface area contributed by atoms with Gasteiger partial charge >= 0.3 is 0 Å². The van der Waals surface area contributed by atoms with Gasteiger partial charge in [-0.2, -0.15) is 0 Å². The molecule has 166 valence electrons. The Morgan fingerprint density at radius 3 is 2.71 bits per heavy atom. The standard InChI is InChI=1S/C26H35N3O2/c1-4-5-6-7-10-17-29-23-12-9-8-11-22(23)28-25(29)15-16-27-26(30)19-31-24-18-20(2)13-14-21(24)3/h8-9,11-14,18H,4-7,10,15-17,19H2,1-3H3,(H,27,30). The van der Waals surface area contributed by atoms with E-state index in [0.29, 0.717) is 13.0 Å². The summed E-state index contributed by atoms with van der Waals surface area (Å²) < 4.78 is 8.03. The lowest BCUT2D eigenvalue weighted by atomic mass is 10.1. The second-order valence-electron chi connectivity index (χ2n) is 8.24. The van der Waals surface area contributed by atoms with Crippen LogP contribution in [-0.2, 0) is 17.8 Å². The Hall–Kier alpha value is -2.82. The van der Waals surface area contributed by atoms with Crippen molar-refractivity contribution < 1.29 is 9.53 Å². The summed E-state index contributed by atoms with van der Waals surface area (Å²) in [7, 11) is 0. The van der Waals surface area contributed by atoms with E-state index in [-0.39, 0.29) is 12.5 Å². The van der Waals surface area contributed by atoms with Crippen LogP contribution in [0.15, 0.2) is 42.5 Å². The van der Waals surface area contributed by atoms with Gasteiger partial charge in [-0.25, -0.2) is 4.98 Å². The monoisotopic (exact) mass is 421 g/mol. The van der Waals surface area contributed by atoms with Crippen LogP contribution in [-0.4, -0.2) is 28.6 Å². The van der Waals surface area contributed by atoms with Gasteiger partial charge in [0.05, 0.1) is 11.0 Å². The van der Waals surface area contributed by atoms with Crippen LogP contribution in [0, 0.1) is 13.8 Å². The first-order valence-corrected chi connectivity index (χ1v) is 11.5. The van der Waals surface area contributed by atoms with Gasteiger partial charge in [-0.05, 0) is 49.6 Å². The van der Waals surface area contributed by atoms with E-state index in [1.165, 1.54) is 31.2 Å². The highest BCUT2D eigenvalue weighted by molar-refractivity contribution is 5.78. The number of benzene rings is 2. The van der Waals surface area contributed by atoms with Crippen molar-refractivity contribution in [2.45, 2.75) is 65.8 Å². The normalized spacial score (nSPS) is 11.1. The average Bonchev–Trinajstić information content (AvgIpc) is 3.11. The zero-order chi connectivity index (χ0) is 22.1. The Morgan fingerprint density at radius 2 is 1.87 bits per heavy atom. The van der Waals surface area contributed by atoms with Crippen molar-refractivity contribution in [3.63, 3.8) is 0 Å². The number of amides is 1. The number of nitrogens with one attached hydrogen (secondary N) is 1. The molecule has 0 saturated heterocycles. The molecule has 0 spiro atoms. The molecule has 0 bridgehead atoms. The Labute approximate surface area is 185 Å². The topological polar surface area (TPSA) is 56.2 Å². The first kappa shape index (κ1) is 22.9. The van der Waals surface area contributed by atoms with Crippen LogP contribution >= 0.6 is 0 Å². The number of hydrogen-bond acceptors (Lipinski definition) is 3. The van der Waals surface area contributed by atoms with Gasteiger partial charge in [0.2, 0.25) is 0 Å². The van der Waals surface area contributed by atoms with Crippen LogP contribution in [0.1, 0.15) is 56.0 Å². The molecule has 1 heterocycles. The Kier molecular flexibility index (Phi) is 8.51. The molecular weight excluding hydrogens is 386 g/mol. The molecule has 1 aromatic heterocycles. The number of aromatic nitrogens is 2. The molecule has 5 nitrogen and oxygen atoms in total. The molecule has 1 amide bonds. The number of carbonyl (C=O) groups excluding carboxylic acids is 1. The smallest absolute Gasteiger partial charge is 0.257 e. The van der Waals surface area contributed by atoms with Crippen molar-refractivity contribution in [1.29, 1.82) is 0 Å². The molecule has 1 N–H and O–H groups in total.